The Kier molecular flexibility index (Phi) is 18.6. The van der Waals surface area contributed by atoms with Gasteiger partial charge in [-0.2, -0.15) is 0 Å². The molecule has 0 bridgehead atoms. The average molecular weight is 721 g/mol. The van der Waals surface area contributed by atoms with Crippen molar-refractivity contribution in [1.29, 1.82) is 0 Å². The van der Waals surface area contributed by atoms with Crippen LogP contribution in [-0.2, 0) is 38.1 Å². The first-order chi connectivity index (χ1) is 24.2. The van der Waals surface area contributed by atoms with Gasteiger partial charge in [0.2, 0.25) is 0 Å². The molecule has 280 valence electrons. The maximum atomic E-state index is 12.0. The molecule has 0 spiro atoms. The van der Waals surface area contributed by atoms with Gasteiger partial charge < -0.3 is 58.3 Å². The molecule has 4 unspecified atom stereocenters. The molecule has 51 heavy (non-hydrogen) atoms. The molecule has 4 N–H and O–H groups in total. The van der Waals surface area contributed by atoms with Crippen LogP contribution in [0.1, 0.15) is 20.3 Å². The minimum atomic E-state index is -1.21. The average Bonchev–Trinajstić information content (AvgIpc) is 3.11. The molecule has 16 heteroatoms. The second-order valence-corrected chi connectivity index (χ2v) is 11.1. The maximum absolute atomic E-state index is 12.0. The molecule has 0 heterocycles. The van der Waals surface area contributed by atoms with Gasteiger partial charge in [0, 0.05) is 11.1 Å². The van der Waals surface area contributed by atoms with Crippen LogP contribution in [0, 0.1) is 0 Å². The summed E-state index contributed by atoms with van der Waals surface area (Å²) in [6.07, 6.45) is -5.25. The number of carbonyl (C=O) groups is 4. The molecule has 0 amide bonds. The zero-order valence-corrected chi connectivity index (χ0v) is 28.4. The number of benzene rings is 2. The predicted octanol–water partition coefficient (Wildman–Crippen LogP) is 1.06. The highest BCUT2D eigenvalue weighted by Gasteiger charge is 2.17. The summed E-state index contributed by atoms with van der Waals surface area (Å²) in [6, 6.07) is 12.4. The SMILES string of the molecule is C=C(C)C(=O)OCC(O)COc1ccc(OCC(O)COC(=O)CC(=O)OCC(O)COc2ccc(OCC(O)COC(=O)C(=C)C)cc2)cc1. The molecule has 0 aliphatic rings. The number of hydrogen-bond donors (Lipinski definition) is 4. The summed E-state index contributed by atoms with van der Waals surface area (Å²) in [5, 5.41) is 39.9. The Morgan fingerprint density at radius 3 is 0.941 bits per heavy atom. The van der Waals surface area contributed by atoms with Crippen LogP contribution in [-0.4, -0.2) is 122 Å². The van der Waals surface area contributed by atoms with Gasteiger partial charge >= 0.3 is 23.9 Å². The first-order valence-corrected chi connectivity index (χ1v) is 15.6. The quantitative estimate of drug-likeness (QED) is 0.0515. The monoisotopic (exact) mass is 720 g/mol. The summed E-state index contributed by atoms with van der Waals surface area (Å²) in [5.41, 5.74) is 0.430. The highest BCUT2D eigenvalue weighted by atomic mass is 16.6. The van der Waals surface area contributed by atoms with Crippen LogP contribution < -0.4 is 18.9 Å². The van der Waals surface area contributed by atoms with Gasteiger partial charge in [-0.15, -0.1) is 0 Å². The number of ether oxygens (including phenoxy) is 8. The van der Waals surface area contributed by atoms with Gasteiger partial charge in [-0.1, -0.05) is 13.2 Å². The van der Waals surface area contributed by atoms with Crippen molar-refractivity contribution in [3.8, 4) is 23.0 Å². The smallest absolute Gasteiger partial charge is 0.333 e. The molecule has 2 aromatic carbocycles. The second-order valence-electron chi connectivity index (χ2n) is 11.1. The summed E-state index contributed by atoms with van der Waals surface area (Å²) < 4.78 is 41.2. The summed E-state index contributed by atoms with van der Waals surface area (Å²) in [5.74, 6) is -1.58. The van der Waals surface area contributed by atoms with Gasteiger partial charge in [0.05, 0.1) is 0 Å². The van der Waals surface area contributed by atoms with Crippen LogP contribution in [0.15, 0.2) is 72.8 Å². The van der Waals surface area contributed by atoms with Crippen LogP contribution in [0.2, 0.25) is 0 Å². The molecule has 0 aliphatic carbocycles. The minimum Gasteiger partial charge on any atom is -0.491 e. The predicted molar refractivity (Wildman–Crippen MR) is 177 cm³/mol. The number of carbonyl (C=O) groups excluding carboxylic acids is 4. The summed E-state index contributed by atoms with van der Waals surface area (Å²) in [7, 11) is 0. The van der Waals surface area contributed by atoms with Gasteiger partial charge in [0.25, 0.3) is 0 Å². The standard InChI is InChI=1S/C35H44O16/c1-22(2)34(42)50-20-26(38)16-46-30-9-5-28(6-10-30)44-14-24(36)18-48-32(40)13-33(41)49-19-25(37)15-45-29-7-11-31(12-8-29)47-17-27(39)21-51-35(43)23(3)4/h5-12,24-27,36-39H,1,3,13-21H2,2,4H3. The van der Waals surface area contributed by atoms with Crippen molar-refractivity contribution in [2.24, 2.45) is 0 Å². The van der Waals surface area contributed by atoms with Crippen molar-refractivity contribution in [3.63, 3.8) is 0 Å². The molecule has 0 fully saturated rings. The van der Waals surface area contributed by atoms with Crippen LogP contribution in [0.4, 0.5) is 0 Å². The Morgan fingerprint density at radius 2 is 0.706 bits per heavy atom. The van der Waals surface area contributed by atoms with E-state index in [1.54, 1.807) is 48.5 Å². The van der Waals surface area contributed by atoms with Crippen molar-refractivity contribution in [2.75, 3.05) is 52.9 Å². The third-order valence-electron chi connectivity index (χ3n) is 6.09. The molecule has 0 aliphatic heterocycles. The lowest BCUT2D eigenvalue weighted by molar-refractivity contribution is -0.158. The third kappa shape index (κ3) is 18.4. The van der Waals surface area contributed by atoms with Gasteiger partial charge in [-0.3, -0.25) is 9.59 Å². The highest BCUT2D eigenvalue weighted by molar-refractivity contribution is 5.91. The van der Waals surface area contributed by atoms with Crippen LogP contribution in [0.3, 0.4) is 0 Å². The minimum absolute atomic E-state index is 0.126. The Morgan fingerprint density at radius 1 is 0.471 bits per heavy atom. The van der Waals surface area contributed by atoms with Crippen molar-refractivity contribution >= 4 is 23.9 Å². The lowest BCUT2D eigenvalue weighted by Gasteiger charge is -2.15. The molecule has 0 saturated carbocycles. The molecular weight excluding hydrogens is 676 g/mol. The number of aliphatic hydroxyl groups is 4. The molecule has 16 nitrogen and oxygen atoms in total. The largest absolute Gasteiger partial charge is 0.491 e. The van der Waals surface area contributed by atoms with Crippen molar-refractivity contribution in [1.82, 2.24) is 0 Å². The maximum Gasteiger partial charge on any atom is 0.333 e. The fraction of sp³-hybridized carbons (Fsp3) is 0.429. The number of hydrogen-bond acceptors (Lipinski definition) is 16. The van der Waals surface area contributed by atoms with E-state index in [4.69, 9.17) is 37.9 Å². The summed E-state index contributed by atoms with van der Waals surface area (Å²) in [6.45, 7) is 7.76. The van der Waals surface area contributed by atoms with Gasteiger partial charge in [-0.05, 0) is 62.4 Å². The van der Waals surface area contributed by atoms with E-state index in [0.29, 0.717) is 23.0 Å². The van der Waals surface area contributed by atoms with E-state index >= 15 is 0 Å². The number of rotatable bonds is 24. The van der Waals surface area contributed by atoms with Gasteiger partial charge in [0.15, 0.2) is 0 Å². The zero-order valence-electron chi connectivity index (χ0n) is 28.4. The molecule has 0 radical (unpaired) electrons. The fourth-order valence-corrected chi connectivity index (χ4v) is 3.41. The van der Waals surface area contributed by atoms with E-state index in [9.17, 15) is 39.6 Å². The normalized spacial score (nSPS) is 13.0. The van der Waals surface area contributed by atoms with Crippen LogP contribution >= 0.6 is 0 Å². The molecule has 4 atom stereocenters. The van der Waals surface area contributed by atoms with Crippen LogP contribution in [0.5, 0.6) is 23.0 Å². The molecule has 2 rings (SSSR count). The Bertz CT molecular complexity index is 1310. The lowest BCUT2D eigenvalue weighted by atomic mass is 10.3. The van der Waals surface area contributed by atoms with Crippen molar-refractivity contribution in [3.05, 3.63) is 72.8 Å². The summed E-state index contributed by atoms with van der Waals surface area (Å²) >= 11 is 0. The van der Waals surface area contributed by atoms with E-state index in [0.717, 1.165) is 0 Å². The van der Waals surface area contributed by atoms with E-state index in [-0.39, 0.29) is 50.8 Å². The van der Waals surface area contributed by atoms with E-state index in [1.807, 2.05) is 0 Å². The Labute approximate surface area is 294 Å². The van der Waals surface area contributed by atoms with Gasteiger partial charge in [0.1, 0.15) is 107 Å². The van der Waals surface area contributed by atoms with E-state index in [2.05, 4.69) is 13.2 Å². The first-order valence-electron chi connectivity index (χ1n) is 15.6. The highest BCUT2D eigenvalue weighted by Crippen LogP contribution is 2.19. The van der Waals surface area contributed by atoms with E-state index < -0.39 is 67.9 Å². The molecule has 2 aromatic rings. The number of aliphatic hydroxyl groups excluding tert-OH is 4. The number of esters is 4. The first kappa shape index (κ1) is 42.0. The molecular formula is C35H44O16. The second kappa shape index (κ2) is 22.5. The molecule has 0 aromatic heterocycles. The van der Waals surface area contributed by atoms with Crippen molar-refractivity contribution < 1.29 is 77.5 Å². The van der Waals surface area contributed by atoms with Crippen molar-refractivity contribution in [2.45, 2.75) is 44.7 Å². The zero-order chi connectivity index (χ0) is 37.8. The lowest BCUT2D eigenvalue weighted by Crippen LogP contribution is -2.28. The molecule has 0 saturated heterocycles. The fourth-order valence-electron chi connectivity index (χ4n) is 3.41. The third-order valence-corrected chi connectivity index (χ3v) is 6.09. The Hall–Kier alpha value is -5.16. The van der Waals surface area contributed by atoms with Gasteiger partial charge in [-0.25, -0.2) is 9.59 Å². The summed E-state index contributed by atoms with van der Waals surface area (Å²) in [4.78, 5) is 46.7. The van der Waals surface area contributed by atoms with Crippen LogP contribution in [0.25, 0.3) is 0 Å². The topological polar surface area (TPSA) is 223 Å². The Balaban J connectivity index is 1.56. The van der Waals surface area contributed by atoms with E-state index in [1.165, 1.54) is 13.8 Å².